The Morgan fingerprint density at radius 2 is 1.32 bits per heavy atom. The van der Waals surface area contributed by atoms with E-state index in [-0.39, 0.29) is 12.0 Å². The van der Waals surface area contributed by atoms with E-state index in [1.165, 1.54) is 28.0 Å². The zero-order valence-electron chi connectivity index (χ0n) is 27.9. The van der Waals surface area contributed by atoms with Crippen LogP contribution in [0.3, 0.4) is 0 Å². The molecule has 1 heterocycles. The number of benzene rings is 6. The Balaban J connectivity index is 1.14. The van der Waals surface area contributed by atoms with E-state index in [0.717, 1.165) is 62.0 Å². The van der Waals surface area contributed by atoms with Crippen molar-refractivity contribution in [3.8, 4) is 22.3 Å². The summed E-state index contributed by atoms with van der Waals surface area (Å²) in [6.07, 6.45) is 7.82. The third-order valence-electron chi connectivity index (χ3n) is 9.92. The third-order valence-corrected chi connectivity index (χ3v) is 9.92. The van der Waals surface area contributed by atoms with Crippen molar-refractivity contribution >= 4 is 44.5 Å². The molecule has 2 atom stereocenters. The van der Waals surface area contributed by atoms with Crippen LogP contribution in [0.2, 0.25) is 0 Å². The first-order valence-electron chi connectivity index (χ1n) is 17.3. The highest BCUT2D eigenvalue weighted by Crippen LogP contribution is 2.40. The van der Waals surface area contributed by atoms with E-state index in [1.807, 2.05) is 18.2 Å². The van der Waals surface area contributed by atoms with Crippen LogP contribution in [-0.2, 0) is 0 Å². The number of hydrogen-bond acceptors (Lipinski definition) is 3. The molecule has 3 heteroatoms. The molecule has 2 aliphatic carbocycles. The van der Waals surface area contributed by atoms with E-state index in [1.54, 1.807) is 0 Å². The SMILES string of the molecule is CC1C=C(c2ccc(Nc3ccccc3)c(-c3cccc(-c4ccc5c(c4)oc4ccccc45)c3)c2)C=C(c2ccccc2)C1NC1=C=CC1. The molecule has 240 valence electrons. The number of rotatable bonds is 8. The molecule has 0 radical (unpaired) electrons. The summed E-state index contributed by atoms with van der Waals surface area (Å²) < 4.78 is 6.25. The van der Waals surface area contributed by atoms with Crippen LogP contribution in [0.5, 0.6) is 0 Å². The maximum absolute atomic E-state index is 6.25. The van der Waals surface area contributed by atoms with Crippen molar-refractivity contribution in [2.24, 2.45) is 5.92 Å². The average molecular weight is 645 g/mol. The number of para-hydroxylation sites is 2. The van der Waals surface area contributed by atoms with Gasteiger partial charge in [-0.25, -0.2) is 0 Å². The summed E-state index contributed by atoms with van der Waals surface area (Å²) in [4.78, 5) is 0. The van der Waals surface area contributed by atoms with Crippen molar-refractivity contribution in [3.63, 3.8) is 0 Å². The van der Waals surface area contributed by atoms with Crippen LogP contribution in [-0.4, -0.2) is 6.04 Å². The quantitative estimate of drug-likeness (QED) is 0.162. The summed E-state index contributed by atoms with van der Waals surface area (Å²) in [6.45, 7) is 2.31. The number of fused-ring (bicyclic) bond motifs is 3. The largest absolute Gasteiger partial charge is 0.456 e. The smallest absolute Gasteiger partial charge is 0.136 e. The van der Waals surface area contributed by atoms with Crippen molar-refractivity contribution in [1.82, 2.24) is 5.32 Å². The van der Waals surface area contributed by atoms with E-state index >= 15 is 0 Å². The molecule has 7 aromatic rings. The minimum atomic E-state index is 0.177. The minimum absolute atomic E-state index is 0.177. The molecule has 0 bridgehead atoms. The van der Waals surface area contributed by atoms with Crippen molar-refractivity contribution in [1.29, 1.82) is 0 Å². The maximum atomic E-state index is 6.25. The van der Waals surface area contributed by atoms with E-state index < -0.39 is 0 Å². The molecule has 2 N–H and O–H groups in total. The second-order valence-electron chi connectivity index (χ2n) is 13.2. The highest BCUT2D eigenvalue weighted by Gasteiger charge is 2.27. The average Bonchev–Trinajstić information content (AvgIpc) is 3.52. The molecule has 0 aliphatic heterocycles. The summed E-state index contributed by atoms with van der Waals surface area (Å²) in [5.74, 6) is 0.280. The summed E-state index contributed by atoms with van der Waals surface area (Å²) in [5, 5.41) is 9.78. The van der Waals surface area contributed by atoms with Gasteiger partial charge in [0.25, 0.3) is 0 Å². The Labute approximate surface area is 292 Å². The predicted octanol–water partition coefficient (Wildman–Crippen LogP) is 12.2. The lowest BCUT2D eigenvalue weighted by Gasteiger charge is -2.32. The molecule has 3 nitrogen and oxygen atoms in total. The summed E-state index contributed by atoms with van der Waals surface area (Å²) >= 11 is 0. The minimum Gasteiger partial charge on any atom is -0.456 e. The lowest BCUT2D eigenvalue weighted by Crippen LogP contribution is -2.37. The van der Waals surface area contributed by atoms with E-state index in [9.17, 15) is 0 Å². The van der Waals surface area contributed by atoms with Gasteiger partial charge in [-0.05, 0) is 106 Å². The summed E-state index contributed by atoms with van der Waals surface area (Å²) in [5.41, 5.74) is 18.0. The molecule has 0 saturated carbocycles. The van der Waals surface area contributed by atoms with Crippen molar-refractivity contribution in [2.45, 2.75) is 19.4 Å². The molecule has 0 saturated heterocycles. The van der Waals surface area contributed by atoms with Crippen LogP contribution in [0, 0.1) is 5.92 Å². The van der Waals surface area contributed by atoms with Gasteiger partial charge in [-0.15, -0.1) is 5.73 Å². The van der Waals surface area contributed by atoms with Crippen LogP contribution in [0.25, 0.3) is 55.3 Å². The summed E-state index contributed by atoms with van der Waals surface area (Å²) in [6, 6.07) is 51.8. The van der Waals surface area contributed by atoms with E-state index in [2.05, 4.69) is 169 Å². The van der Waals surface area contributed by atoms with Gasteiger partial charge in [-0.1, -0.05) is 110 Å². The highest BCUT2D eigenvalue weighted by atomic mass is 16.3. The van der Waals surface area contributed by atoms with Gasteiger partial charge in [0.1, 0.15) is 11.2 Å². The first-order valence-corrected chi connectivity index (χ1v) is 17.3. The Bertz CT molecular complexity index is 2510. The van der Waals surface area contributed by atoms with Gasteiger partial charge in [0.05, 0.1) is 11.7 Å². The molecule has 2 unspecified atom stereocenters. The Morgan fingerprint density at radius 1 is 0.620 bits per heavy atom. The van der Waals surface area contributed by atoms with Crippen LogP contribution in [0.15, 0.2) is 180 Å². The van der Waals surface area contributed by atoms with E-state index in [0.29, 0.717) is 0 Å². The lowest BCUT2D eigenvalue weighted by molar-refractivity contribution is 0.548. The summed E-state index contributed by atoms with van der Waals surface area (Å²) in [7, 11) is 0. The lowest BCUT2D eigenvalue weighted by atomic mass is 9.80. The number of furan rings is 1. The van der Waals surface area contributed by atoms with Crippen molar-refractivity contribution in [2.75, 3.05) is 5.32 Å². The van der Waals surface area contributed by atoms with Gasteiger partial charge in [-0.2, -0.15) is 0 Å². The van der Waals surface area contributed by atoms with Crippen LogP contribution < -0.4 is 10.6 Å². The second-order valence-corrected chi connectivity index (χ2v) is 13.2. The molecule has 1 aromatic heterocycles. The predicted molar refractivity (Wildman–Crippen MR) is 209 cm³/mol. The molecule has 50 heavy (non-hydrogen) atoms. The Morgan fingerprint density at radius 3 is 2.14 bits per heavy atom. The molecular weight excluding hydrogens is 609 g/mol. The highest BCUT2D eigenvalue weighted by molar-refractivity contribution is 6.06. The van der Waals surface area contributed by atoms with Gasteiger partial charge in [-0.3, -0.25) is 0 Å². The Hall–Kier alpha value is -6.28. The van der Waals surface area contributed by atoms with Gasteiger partial charge in [0.15, 0.2) is 0 Å². The second kappa shape index (κ2) is 12.6. The molecule has 0 amide bonds. The van der Waals surface area contributed by atoms with Crippen molar-refractivity contribution < 1.29 is 4.42 Å². The number of hydrogen-bond donors (Lipinski definition) is 2. The van der Waals surface area contributed by atoms with Gasteiger partial charge >= 0.3 is 0 Å². The molecular formula is C47H36N2O. The fourth-order valence-electron chi connectivity index (χ4n) is 7.26. The number of allylic oxidation sites excluding steroid dienone is 2. The number of nitrogens with one attached hydrogen (secondary N) is 2. The van der Waals surface area contributed by atoms with Crippen LogP contribution >= 0.6 is 0 Å². The fraction of sp³-hybridized carbons (Fsp3) is 0.0851. The normalized spacial score (nSPS) is 16.8. The first kappa shape index (κ1) is 29.8. The topological polar surface area (TPSA) is 37.2 Å². The molecule has 0 spiro atoms. The van der Waals surface area contributed by atoms with Crippen LogP contribution in [0.4, 0.5) is 11.4 Å². The van der Waals surface area contributed by atoms with Gasteiger partial charge < -0.3 is 15.1 Å². The first-order chi connectivity index (χ1) is 24.7. The zero-order chi connectivity index (χ0) is 33.4. The van der Waals surface area contributed by atoms with Crippen LogP contribution in [0.1, 0.15) is 24.5 Å². The van der Waals surface area contributed by atoms with E-state index in [4.69, 9.17) is 4.42 Å². The number of anilines is 2. The Kier molecular flexibility index (Phi) is 7.54. The van der Waals surface area contributed by atoms with Crippen molar-refractivity contribution in [3.05, 3.63) is 186 Å². The zero-order valence-corrected chi connectivity index (χ0v) is 27.9. The molecule has 2 aliphatic rings. The van der Waals surface area contributed by atoms with Gasteiger partial charge in [0.2, 0.25) is 0 Å². The molecule has 6 aromatic carbocycles. The fourth-order valence-corrected chi connectivity index (χ4v) is 7.26. The molecule has 0 fully saturated rings. The van der Waals surface area contributed by atoms with Gasteiger partial charge in [0, 0.05) is 34.1 Å². The third kappa shape index (κ3) is 5.64. The maximum Gasteiger partial charge on any atom is 0.136 e. The standard InChI is InChI=1S/C47H36N2O/c1-31-26-37(29-43(32-12-4-2-5-13-32)47(31)49-39-18-11-19-39)34-23-25-44(48-38-16-6-3-7-17-38)42(28-34)36-15-10-14-33(27-36)35-22-24-41-40-20-8-9-21-45(40)50-46(41)30-35/h2-17,20-31,47-49H,18H2,1H3. The molecule has 9 rings (SSSR count). The monoisotopic (exact) mass is 644 g/mol.